The van der Waals surface area contributed by atoms with E-state index < -0.39 is 0 Å². The van der Waals surface area contributed by atoms with Crippen molar-refractivity contribution < 1.29 is 0 Å². The van der Waals surface area contributed by atoms with Gasteiger partial charge in [0.05, 0.1) is 11.2 Å². The molecule has 0 spiro atoms. The van der Waals surface area contributed by atoms with Gasteiger partial charge in [0.1, 0.15) is 5.03 Å². The number of pyridine rings is 1. The summed E-state index contributed by atoms with van der Waals surface area (Å²) >= 11 is 1.61. The molecule has 2 aromatic rings. The second-order valence-electron chi connectivity index (χ2n) is 3.88. The third-order valence-electron chi connectivity index (χ3n) is 3.05. The molecule has 0 radical (unpaired) electrons. The van der Waals surface area contributed by atoms with Crippen molar-refractivity contribution in [1.82, 2.24) is 9.61 Å². The highest BCUT2D eigenvalue weighted by atomic mass is 32.2. The monoisotopic (exact) mass is 219 g/mol. The second kappa shape index (κ2) is 3.17. The number of aryl methyl sites for hydroxylation is 2. The zero-order valence-corrected chi connectivity index (χ0v) is 9.47. The lowest BCUT2D eigenvalue weighted by molar-refractivity contribution is 0.819. The van der Waals surface area contributed by atoms with Gasteiger partial charge in [-0.05, 0) is 37.1 Å². The van der Waals surface area contributed by atoms with Gasteiger partial charge in [0, 0.05) is 5.69 Å². The van der Waals surface area contributed by atoms with E-state index in [9.17, 15) is 0 Å². The molecule has 15 heavy (non-hydrogen) atoms. The summed E-state index contributed by atoms with van der Waals surface area (Å²) in [6, 6.07) is 4.28. The van der Waals surface area contributed by atoms with E-state index in [4.69, 9.17) is 5.73 Å². The van der Waals surface area contributed by atoms with Crippen molar-refractivity contribution in [1.29, 1.82) is 0 Å². The molecule has 0 saturated carbocycles. The minimum absolute atomic E-state index is 0.817. The molecule has 0 atom stereocenters. The number of hydrogen-bond donors (Lipinski definition) is 1. The first-order chi connectivity index (χ1) is 7.31. The van der Waals surface area contributed by atoms with Crippen LogP contribution in [0.1, 0.15) is 17.7 Å². The van der Waals surface area contributed by atoms with Gasteiger partial charge in [-0.3, -0.25) is 0 Å². The molecule has 0 aliphatic heterocycles. The van der Waals surface area contributed by atoms with E-state index in [1.165, 1.54) is 24.1 Å². The molecule has 2 heterocycles. The summed E-state index contributed by atoms with van der Waals surface area (Å²) in [5, 5.41) is 5.50. The number of thioether (sulfide) groups is 1. The van der Waals surface area contributed by atoms with E-state index in [1.54, 1.807) is 11.8 Å². The van der Waals surface area contributed by atoms with Crippen LogP contribution in [0.4, 0.5) is 5.69 Å². The molecule has 0 saturated heterocycles. The predicted octanol–water partition coefficient (Wildman–Crippen LogP) is 2.13. The molecule has 0 fully saturated rings. The average molecular weight is 219 g/mol. The average Bonchev–Trinajstić information content (AvgIpc) is 2.82. The Morgan fingerprint density at radius 3 is 3.07 bits per heavy atom. The fraction of sp³-hybridized carbons (Fsp3) is 0.364. The first kappa shape index (κ1) is 9.09. The van der Waals surface area contributed by atoms with Crippen molar-refractivity contribution in [2.24, 2.45) is 0 Å². The Balaban J connectivity index is 2.37. The van der Waals surface area contributed by atoms with Gasteiger partial charge in [0.15, 0.2) is 0 Å². The first-order valence-corrected chi connectivity index (χ1v) is 6.36. The number of nitrogen functional groups attached to an aromatic ring is 1. The smallest absolute Gasteiger partial charge is 0.142 e. The van der Waals surface area contributed by atoms with Crippen LogP contribution in [0.5, 0.6) is 0 Å². The van der Waals surface area contributed by atoms with Gasteiger partial charge < -0.3 is 5.73 Å². The maximum atomic E-state index is 6.04. The summed E-state index contributed by atoms with van der Waals surface area (Å²) in [4.78, 5) is 0. The zero-order chi connectivity index (χ0) is 10.4. The highest BCUT2D eigenvalue weighted by Crippen LogP contribution is 2.30. The van der Waals surface area contributed by atoms with E-state index >= 15 is 0 Å². The zero-order valence-electron chi connectivity index (χ0n) is 8.66. The second-order valence-corrected chi connectivity index (χ2v) is 4.67. The number of aromatic nitrogens is 2. The van der Waals surface area contributed by atoms with E-state index in [1.807, 2.05) is 10.8 Å². The van der Waals surface area contributed by atoms with E-state index in [-0.39, 0.29) is 0 Å². The fourth-order valence-corrected chi connectivity index (χ4v) is 2.78. The number of hydrogen-bond acceptors (Lipinski definition) is 3. The van der Waals surface area contributed by atoms with Crippen molar-refractivity contribution in [2.45, 2.75) is 24.3 Å². The first-order valence-electron chi connectivity index (χ1n) is 5.14. The topological polar surface area (TPSA) is 43.3 Å². The van der Waals surface area contributed by atoms with Crippen LogP contribution in [0.3, 0.4) is 0 Å². The molecule has 0 aromatic carbocycles. The molecule has 4 heteroatoms. The van der Waals surface area contributed by atoms with Crippen molar-refractivity contribution in [3.8, 4) is 0 Å². The van der Waals surface area contributed by atoms with Gasteiger partial charge in [-0.15, -0.1) is 11.8 Å². The summed E-state index contributed by atoms with van der Waals surface area (Å²) < 4.78 is 2.03. The van der Waals surface area contributed by atoms with Gasteiger partial charge in [-0.2, -0.15) is 5.10 Å². The van der Waals surface area contributed by atoms with Crippen LogP contribution in [0.15, 0.2) is 17.2 Å². The molecule has 78 valence electrons. The van der Waals surface area contributed by atoms with E-state index in [0.717, 1.165) is 22.7 Å². The van der Waals surface area contributed by atoms with Gasteiger partial charge in [-0.1, -0.05) is 6.07 Å². The maximum absolute atomic E-state index is 6.04. The molecule has 3 nitrogen and oxygen atoms in total. The summed E-state index contributed by atoms with van der Waals surface area (Å²) in [5.41, 5.74) is 10.7. The highest BCUT2D eigenvalue weighted by Gasteiger charge is 2.17. The minimum Gasteiger partial charge on any atom is -0.395 e. The van der Waals surface area contributed by atoms with Crippen molar-refractivity contribution in [3.63, 3.8) is 0 Å². The van der Waals surface area contributed by atoms with Crippen LogP contribution in [0, 0.1) is 0 Å². The Kier molecular flexibility index (Phi) is 1.92. The number of nitrogens with zero attached hydrogens (tertiary/aromatic N) is 2. The van der Waals surface area contributed by atoms with Crippen LogP contribution in [0.25, 0.3) is 5.52 Å². The number of nitrogens with two attached hydrogens (primary N) is 1. The molecule has 0 amide bonds. The lowest BCUT2D eigenvalue weighted by Crippen LogP contribution is -1.97. The normalized spacial score (nSPS) is 14.7. The molecule has 1 aliphatic carbocycles. The van der Waals surface area contributed by atoms with Crippen molar-refractivity contribution in [2.75, 3.05) is 12.0 Å². The predicted molar refractivity (Wildman–Crippen MR) is 63.4 cm³/mol. The van der Waals surface area contributed by atoms with Crippen LogP contribution in [-0.2, 0) is 12.8 Å². The number of rotatable bonds is 1. The van der Waals surface area contributed by atoms with Crippen LogP contribution >= 0.6 is 11.8 Å². The van der Waals surface area contributed by atoms with Crippen molar-refractivity contribution in [3.05, 3.63) is 23.4 Å². The third-order valence-corrected chi connectivity index (χ3v) is 3.74. The van der Waals surface area contributed by atoms with Gasteiger partial charge in [0.25, 0.3) is 0 Å². The molecular weight excluding hydrogens is 206 g/mol. The Bertz CT molecular complexity index is 530. The Labute approximate surface area is 92.7 Å². The van der Waals surface area contributed by atoms with Gasteiger partial charge in [0.2, 0.25) is 0 Å². The van der Waals surface area contributed by atoms with E-state index in [2.05, 4.69) is 17.2 Å². The molecular formula is C11H13N3S. The molecule has 1 aliphatic rings. The largest absolute Gasteiger partial charge is 0.395 e. The van der Waals surface area contributed by atoms with Gasteiger partial charge >= 0.3 is 0 Å². The summed E-state index contributed by atoms with van der Waals surface area (Å²) in [6.45, 7) is 0. The molecule has 2 N–H and O–H groups in total. The summed E-state index contributed by atoms with van der Waals surface area (Å²) in [7, 11) is 0. The minimum atomic E-state index is 0.817. The quantitative estimate of drug-likeness (QED) is 0.747. The highest BCUT2D eigenvalue weighted by molar-refractivity contribution is 7.98. The Morgan fingerprint density at radius 1 is 1.40 bits per heavy atom. The Hall–Kier alpha value is -1.16. The lowest BCUT2D eigenvalue weighted by Gasteiger charge is -2.01. The van der Waals surface area contributed by atoms with Gasteiger partial charge in [-0.25, -0.2) is 4.52 Å². The standard InChI is InChI=1S/C11H13N3S/c1-15-11-10(12)9-6-5-7-3-2-4-8(7)14(9)13-11/h5-6H,2-4,12H2,1H3. The van der Waals surface area contributed by atoms with Crippen LogP contribution < -0.4 is 5.73 Å². The third kappa shape index (κ3) is 1.17. The lowest BCUT2D eigenvalue weighted by atomic mass is 10.2. The van der Waals surface area contributed by atoms with Crippen LogP contribution in [0.2, 0.25) is 0 Å². The number of anilines is 1. The van der Waals surface area contributed by atoms with E-state index in [0.29, 0.717) is 0 Å². The molecule has 0 unspecified atom stereocenters. The maximum Gasteiger partial charge on any atom is 0.142 e. The fourth-order valence-electron chi connectivity index (χ4n) is 2.29. The Morgan fingerprint density at radius 2 is 2.27 bits per heavy atom. The molecule has 3 rings (SSSR count). The van der Waals surface area contributed by atoms with Crippen molar-refractivity contribution >= 4 is 23.0 Å². The number of fused-ring (bicyclic) bond motifs is 3. The molecule has 2 aromatic heterocycles. The molecule has 0 bridgehead atoms. The van der Waals surface area contributed by atoms with Crippen LogP contribution in [-0.4, -0.2) is 15.9 Å². The summed E-state index contributed by atoms with van der Waals surface area (Å²) in [5.74, 6) is 0. The SMILES string of the molecule is CSc1nn2c3c(ccc2c1N)CCC3. The summed E-state index contributed by atoms with van der Waals surface area (Å²) in [6.07, 6.45) is 5.56.